The van der Waals surface area contributed by atoms with Crippen LogP contribution in [0.2, 0.25) is 0 Å². The van der Waals surface area contributed by atoms with Crippen LogP contribution in [-0.2, 0) is 27.6 Å². The van der Waals surface area contributed by atoms with Crippen molar-refractivity contribution in [2.45, 2.75) is 36.6 Å². The van der Waals surface area contributed by atoms with Gasteiger partial charge in [0.15, 0.2) is 5.65 Å². The summed E-state index contributed by atoms with van der Waals surface area (Å²) in [5.41, 5.74) is 3.90. The van der Waals surface area contributed by atoms with Crippen molar-refractivity contribution in [2.75, 3.05) is 5.32 Å². The summed E-state index contributed by atoms with van der Waals surface area (Å²) < 4.78 is 29.7. The number of amides is 1. The maximum Gasteiger partial charge on any atom is 0.222 e. The number of carbonyl (C=O) groups is 1. The van der Waals surface area contributed by atoms with Crippen LogP contribution in [0.1, 0.15) is 18.1 Å². The largest absolute Gasteiger partial charge is 0.311 e. The number of benzene rings is 3. The van der Waals surface area contributed by atoms with E-state index in [2.05, 4.69) is 5.32 Å². The highest BCUT2D eigenvalue weighted by Crippen LogP contribution is 2.37. The summed E-state index contributed by atoms with van der Waals surface area (Å²) in [6, 6.07) is 23.8. The van der Waals surface area contributed by atoms with Crippen LogP contribution in [0, 0.1) is 6.92 Å². The molecule has 0 atom stereocenters. The number of aryl methyl sites for hydroxylation is 3. The molecule has 7 nitrogen and oxygen atoms in total. The van der Waals surface area contributed by atoms with E-state index in [1.165, 1.54) is 6.92 Å². The molecule has 0 spiro atoms. The molecule has 5 aromatic rings. The van der Waals surface area contributed by atoms with Crippen molar-refractivity contribution in [3.8, 4) is 0 Å². The predicted molar refractivity (Wildman–Crippen MR) is 136 cm³/mol. The number of carbonyl (C=O) groups excluding carboxylic acids is 1. The van der Waals surface area contributed by atoms with Crippen molar-refractivity contribution >= 4 is 43.8 Å². The van der Waals surface area contributed by atoms with Gasteiger partial charge in [-0.3, -0.25) is 4.79 Å². The summed E-state index contributed by atoms with van der Waals surface area (Å²) >= 11 is 0. The Morgan fingerprint density at radius 1 is 0.886 bits per heavy atom. The van der Waals surface area contributed by atoms with Crippen LogP contribution in [0.3, 0.4) is 0 Å². The molecule has 0 saturated carbocycles. The molecular formula is C27H24N4O3S. The number of fused-ring (bicyclic) bond motifs is 2. The zero-order valence-electron chi connectivity index (χ0n) is 19.4. The topological polar surface area (TPSA) is 93.9 Å². The molecule has 1 amide bonds. The summed E-state index contributed by atoms with van der Waals surface area (Å²) in [7, 11) is -4.03. The fraction of sp³-hybridized carbons (Fsp3) is 0.148. The monoisotopic (exact) mass is 484 g/mol. The molecular weight excluding hydrogens is 460 g/mol. The Morgan fingerprint density at radius 2 is 1.51 bits per heavy atom. The van der Waals surface area contributed by atoms with E-state index < -0.39 is 9.84 Å². The van der Waals surface area contributed by atoms with Crippen molar-refractivity contribution in [2.24, 2.45) is 0 Å². The SMILES string of the molecule is CC(=O)Nc1c(S(=O)(=O)c2ccc(C)cc2)c2nc3ccccc3nc2n1CCc1ccccc1. The molecule has 3 aromatic carbocycles. The first-order valence-corrected chi connectivity index (χ1v) is 12.7. The van der Waals surface area contributed by atoms with Crippen molar-refractivity contribution in [3.63, 3.8) is 0 Å². The Kier molecular flexibility index (Phi) is 5.82. The highest BCUT2D eigenvalue weighted by Gasteiger charge is 2.32. The van der Waals surface area contributed by atoms with E-state index in [0.29, 0.717) is 29.6 Å². The zero-order valence-corrected chi connectivity index (χ0v) is 20.2. The van der Waals surface area contributed by atoms with Gasteiger partial charge in [0.25, 0.3) is 0 Å². The van der Waals surface area contributed by atoms with Crippen LogP contribution < -0.4 is 5.32 Å². The Morgan fingerprint density at radius 3 is 2.17 bits per heavy atom. The minimum Gasteiger partial charge on any atom is -0.311 e. The Hall–Kier alpha value is -4.04. The van der Waals surface area contributed by atoms with Crippen LogP contribution >= 0.6 is 0 Å². The third kappa shape index (κ3) is 4.28. The van der Waals surface area contributed by atoms with Crippen LogP contribution in [0.5, 0.6) is 0 Å². The summed E-state index contributed by atoms with van der Waals surface area (Å²) in [6.45, 7) is 3.66. The van der Waals surface area contributed by atoms with E-state index in [0.717, 1.165) is 11.1 Å². The molecule has 35 heavy (non-hydrogen) atoms. The lowest BCUT2D eigenvalue weighted by molar-refractivity contribution is -0.114. The molecule has 5 rings (SSSR count). The van der Waals surface area contributed by atoms with E-state index in [1.54, 1.807) is 34.9 Å². The Balaban J connectivity index is 1.80. The van der Waals surface area contributed by atoms with Gasteiger partial charge in [-0.25, -0.2) is 18.4 Å². The van der Waals surface area contributed by atoms with E-state index >= 15 is 0 Å². The fourth-order valence-corrected chi connectivity index (χ4v) is 5.69. The summed E-state index contributed by atoms with van der Waals surface area (Å²) in [4.78, 5) is 21.8. The highest BCUT2D eigenvalue weighted by atomic mass is 32.2. The number of nitrogens with one attached hydrogen (secondary N) is 1. The molecule has 0 radical (unpaired) electrons. The van der Waals surface area contributed by atoms with Gasteiger partial charge in [0, 0.05) is 13.5 Å². The lowest BCUT2D eigenvalue weighted by Crippen LogP contribution is -2.15. The lowest BCUT2D eigenvalue weighted by atomic mass is 10.1. The first kappa shape index (κ1) is 22.7. The predicted octanol–water partition coefficient (Wildman–Crippen LogP) is 4.93. The molecule has 1 N–H and O–H groups in total. The molecule has 0 saturated heterocycles. The van der Waals surface area contributed by atoms with Crippen molar-refractivity contribution in [1.82, 2.24) is 14.5 Å². The van der Waals surface area contributed by atoms with E-state index in [1.807, 2.05) is 55.5 Å². The van der Waals surface area contributed by atoms with Crippen LogP contribution in [0.15, 0.2) is 88.7 Å². The second-order valence-electron chi connectivity index (χ2n) is 8.45. The Labute approximate surface area is 203 Å². The second-order valence-corrected chi connectivity index (χ2v) is 10.3. The summed E-state index contributed by atoms with van der Waals surface area (Å²) in [6.07, 6.45) is 0.621. The van der Waals surface area contributed by atoms with E-state index in [-0.39, 0.29) is 27.0 Å². The molecule has 0 aliphatic heterocycles. The zero-order chi connectivity index (χ0) is 24.6. The Bertz CT molecular complexity index is 1660. The van der Waals surface area contributed by atoms with Gasteiger partial charge in [0.05, 0.1) is 15.9 Å². The smallest absolute Gasteiger partial charge is 0.222 e. The third-order valence-corrected chi connectivity index (χ3v) is 7.69. The van der Waals surface area contributed by atoms with Crippen LogP contribution in [-0.4, -0.2) is 28.9 Å². The van der Waals surface area contributed by atoms with Crippen LogP contribution in [0.4, 0.5) is 5.82 Å². The van der Waals surface area contributed by atoms with Crippen LogP contribution in [0.25, 0.3) is 22.2 Å². The number of hydrogen-bond donors (Lipinski definition) is 1. The second kappa shape index (κ2) is 8.96. The minimum absolute atomic E-state index is 0.0436. The number of para-hydroxylation sites is 2. The minimum atomic E-state index is -4.03. The molecule has 2 aromatic heterocycles. The first-order valence-electron chi connectivity index (χ1n) is 11.3. The fourth-order valence-electron chi connectivity index (χ4n) is 4.16. The number of nitrogens with zero attached hydrogens (tertiary/aromatic N) is 3. The van der Waals surface area contributed by atoms with Crippen molar-refractivity contribution < 1.29 is 13.2 Å². The molecule has 0 aliphatic carbocycles. The van der Waals surface area contributed by atoms with E-state index in [9.17, 15) is 13.2 Å². The summed E-state index contributed by atoms with van der Waals surface area (Å²) in [5, 5.41) is 2.77. The van der Waals surface area contributed by atoms with Gasteiger partial charge in [0.2, 0.25) is 15.7 Å². The average Bonchev–Trinajstić information content (AvgIpc) is 3.14. The molecule has 8 heteroatoms. The highest BCUT2D eigenvalue weighted by molar-refractivity contribution is 7.92. The number of rotatable bonds is 6. The molecule has 176 valence electrons. The van der Waals surface area contributed by atoms with Gasteiger partial charge in [-0.05, 0) is 43.2 Å². The maximum absolute atomic E-state index is 14.0. The van der Waals surface area contributed by atoms with Gasteiger partial charge in [-0.2, -0.15) is 0 Å². The number of sulfone groups is 1. The van der Waals surface area contributed by atoms with Crippen molar-refractivity contribution in [1.29, 1.82) is 0 Å². The van der Waals surface area contributed by atoms with Gasteiger partial charge in [-0.15, -0.1) is 0 Å². The number of aromatic nitrogens is 3. The molecule has 0 fully saturated rings. The van der Waals surface area contributed by atoms with Gasteiger partial charge >= 0.3 is 0 Å². The van der Waals surface area contributed by atoms with Gasteiger partial charge in [0.1, 0.15) is 16.2 Å². The summed E-state index contributed by atoms with van der Waals surface area (Å²) in [5.74, 6) is -0.196. The quantitative estimate of drug-likeness (QED) is 0.369. The first-order chi connectivity index (χ1) is 16.8. The molecule has 2 heterocycles. The molecule has 0 bridgehead atoms. The van der Waals surface area contributed by atoms with Crippen molar-refractivity contribution in [3.05, 3.63) is 90.0 Å². The standard InChI is InChI=1S/C27H24N4O3S/c1-18-12-14-21(15-13-18)35(33,34)25-24-26(30-23-11-7-6-10-22(23)29-24)31(27(25)28-19(2)32)17-16-20-8-4-3-5-9-20/h3-15H,16-17H2,1-2H3,(H,28,32). The lowest BCUT2D eigenvalue weighted by Gasteiger charge is -2.12. The van der Waals surface area contributed by atoms with Gasteiger partial charge in [-0.1, -0.05) is 60.2 Å². The number of anilines is 1. The average molecular weight is 485 g/mol. The third-order valence-electron chi connectivity index (χ3n) is 5.87. The molecule has 0 aliphatic rings. The van der Waals surface area contributed by atoms with Gasteiger partial charge < -0.3 is 9.88 Å². The maximum atomic E-state index is 14.0. The molecule has 0 unspecified atom stereocenters. The van der Waals surface area contributed by atoms with E-state index in [4.69, 9.17) is 9.97 Å². The number of hydrogen-bond acceptors (Lipinski definition) is 5. The normalized spacial score (nSPS) is 11.7.